The number of nitrogens with zero attached hydrogens (tertiary/aromatic N) is 1. The molecule has 0 bridgehead atoms. The van der Waals surface area contributed by atoms with Crippen molar-refractivity contribution in [2.24, 2.45) is 0 Å². The van der Waals surface area contributed by atoms with Gasteiger partial charge in [-0.3, -0.25) is 4.79 Å². The molecule has 0 aliphatic carbocycles. The van der Waals surface area contributed by atoms with E-state index >= 15 is 0 Å². The Balaban J connectivity index is 2.05. The van der Waals surface area contributed by atoms with E-state index in [1.807, 2.05) is 6.92 Å². The van der Waals surface area contributed by atoms with Crippen molar-refractivity contribution in [1.29, 1.82) is 0 Å². The summed E-state index contributed by atoms with van der Waals surface area (Å²) < 4.78 is 0. The number of aliphatic hydroxyl groups is 1. The lowest BCUT2D eigenvalue weighted by Crippen LogP contribution is -2.09. The van der Waals surface area contributed by atoms with Crippen LogP contribution in [0.4, 0.5) is 5.69 Å². The fraction of sp³-hybridized carbons (Fsp3) is 0.143. The van der Waals surface area contributed by atoms with Crippen LogP contribution in [0.5, 0.6) is 0 Å². The van der Waals surface area contributed by atoms with Gasteiger partial charge in [-0.2, -0.15) is 0 Å². The fourth-order valence-electron chi connectivity index (χ4n) is 1.44. The van der Waals surface area contributed by atoms with Crippen LogP contribution in [-0.2, 0) is 0 Å². The van der Waals surface area contributed by atoms with Gasteiger partial charge in [-0.25, -0.2) is 4.98 Å². The molecule has 0 aliphatic heterocycles. The van der Waals surface area contributed by atoms with Crippen LogP contribution in [0.15, 0.2) is 30.5 Å². The summed E-state index contributed by atoms with van der Waals surface area (Å²) in [5, 5.41) is 12.2. The van der Waals surface area contributed by atoms with E-state index in [2.05, 4.69) is 22.1 Å². The molecular weight excluding hydrogens is 260 g/mol. The standard InChI is InChI=1S/C14H12N2O2S/c1-10-15-9-13(19-10)14(18)16-12-6-4-11(5-7-12)3-2-8-17/h4-7,9,17H,8H2,1H3,(H,16,18). The van der Waals surface area contributed by atoms with Gasteiger partial charge in [0.05, 0.1) is 11.2 Å². The molecular formula is C14H12N2O2S. The number of rotatable bonds is 2. The predicted octanol–water partition coefficient (Wildman–Crippen LogP) is 2.05. The van der Waals surface area contributed by atoms with E-state index in [0.717, 1.165) is 10.6 Å². The van der Waals surface area contributed by atoms with Gasteiger partial charge in [0.2, 0.25) is 0 Å². The Labute approximate surface area is 115 Å². The van der Waals surface area contributed by atoms with E-state index in [9.17, 15) is 4.79 Å². The highest BCUT2D eigenvalue weighted by Crippen LogP contribution is 2.15. The monoisotopic (exact) mass is 272 g/mol. The number of hydrogen-bond donors (Lipinski definition) is 2. The maximum atomic E-state index is 11.9. The van der Waals surface area contributed by atoms with Crippen LogP contribution in [0.3, 0.4) is 0 Å². The Kier molecular flexibility index (Phi) is 4.29. The Morgan fingerprint density at radius 2 is 2.16 bits per heavy atom. The van der Waals surface area contributed by atoms with E-state index < -0.39 is 0 Å². The molecule has 0 radical (unpaired) electrons. The number of aliphatic hydroxyl groups excluding tert-OH is 1. The molecule has 5 heteroatoms. The number of carbonyl (C=O) groups is 1. The first-order valence-electron chi connectivity index (χ1n) is 5.62. The largest absolute Gasteiger partial charge is 0.384 e. The Morgan fingerprint density at radius 1 is 1.42 bits per heavy atom. The van der Waals surface area contributed by atoms with E-state index in [0.29, 0.717) is 10.6 Å². The third-order valence-electron chi connectivity index (χ3n) is 2.30. The molecule has 0 saturated carbocycles. The van der Waals surface area contributed by atoms with Crippen LogP contribution >= 0.6 is 11.3 Å². The quantitative estimate of drug-likeness (QED) is 0.822. The lowest BCUT2D eigenvalue weighted by molar-refractivity contribution is 0.103. The Hall–Kier alpha value is -2.16. The van der Waals surface area contributed by atoms with Gasteiger partial charge in [-0.15, -0.1) is 11.3 Å². The molecule has 4 nitrogen and oxygen atoms in total. The minimum absolute atomic E-state index is 0.163. The van der Waals surface area contributed by atoms with Crippen LogP contribution < -0.4 is 5.32 Å². The first-order valence-corrected chi connectivity index (χ1v) is 6.44. The number of amides is 1. The number of thiazole rings is 1. The summed E-state index contributed by atoms with van der Waals surface area (Å²) in [7, 11) is 0. The van der Waals surface area contributed by atoms with Crippen LogP contribution in [0.2, 0.25) is 0 Å². The molecule has 2 N–H and O–H groups in total. The third kappa shape index (κ3) is 3.65. The topological polar surface area (TPSA) is 62.2 Å². The molecule has 2 aromatic rings. The second-order valence-electron chi connectivity index (χ2n) is 3.73. The lowest BCUT2D eigenvalue weighted by atomic mass is 10.2. The minimum atomic E-state index is -0.167. The number of aryl methyl sites for hydroxylation is 1. The van der Waals surface area contributed by atoms with Crippen molar-refractivity contribution in [3.8, 4) is 11.8 Å². The highest BCUT2D eigenvalue weighted by atomic mass is 32.1. The minimum Gasteiger partial charge on any atom is -0.384 e. The summed E-state index contributed by atoms with van der Waals surface area (Å²) in [5.74, 6) is 5.19. The molecule has 1 aromatic carbocycles. The molecule has 0 atom stereocenters. The third-order valence-corrected chi connectivity index (χ3v) is 3.21. The van der Waals surface area contributed by atoms with Gasteiger partial charge in [0.15, 0.2) is 0 Å². The maximum absolute atomic E-state index is 11.9. The Morgan fingerprint density at radius 3 is 2.74 bits per heavy atom. The summed E-state index contributed by atoms with van der Waals surface area (Å²) in [6.45, 7) is 1.69. The molecule has 0 saturated heterocycles. The highest BCUT2D eigenvalue weighted by Gasteiger charge is 2.08. The SMILES string of the molecule is Cc1ncc(C(=O)Nc2ccc(C#CCO)cc2)s1. The predicted molar refractivity (Wildman–Crippen MR) is 75.2 cm³/mol. The molecule has 96 valence electrons. The molecule has 0 unspecified atom stereocenters. The van der Waals surface area contributed by atoms with E-state index in [-0.39, 0.29) is 12.5 Å². The molecule has 19 heavy (non-hydrogen) atoms. The summed E-state index contributed by atoms with van der Waals surface area (Å²) in [6.07, 6.45) is 1.57. The van der Waals surface area contributed by atoms with Crippen molar-refractivity contribution in [3.63, 3.8) is 0 Å². The molecule has 0 aliphatic rings. The fourth-order valence-corrected chi connectivity index (χ4v) is 2.11. The smallest absolute Gasteiger partial charge is 0.267 e. The second kappa shape index (κ2) is 6.14. The van der Waals surface area contributed by atoms with Gasteiger partial charge in [-0.1, -0.05) is 11.8 Å². The lowest BCUT2D eigenvalue weighted by Gasteiger charge is -2.02. The average molecular weight is 272 g/mol. The van der Waals surface area contributed by atoms with Gasteiger partial charge in [0.1, 0.15) is 11.5 Å². The van der Waals surface area contributed by atoms with E-state index in [4.69, 9.17) is 5.11 Å². The van der Waals surface area contributed by atoms with Crippen LogP contribution in [0, 0.1) is 18.8 Å². The molecule has 2 rings (SSSR count). The first kappa shape index (κ1) is 13.3. The van der Waals surface area contributed by atoms with Crippen molar-refractivity contribution in [2.45, 2.75) is 6.92 Å². The average Bonchev–Trinajstić information content (AvgIpc) is 2.85. The van der Waals surface area contributed by atoms with Crippen LogP contribution in [-0.4, -0.2) is 22.6 Å². The van der Waals surface area contributed by atoms with Crippen LogP contribution in [0.1, 0.15) is 20.2 Å². The highest BCUT2D eigenvalue weighted by molar-refractivity contribution is 7.13. The molecule has 0 fully saturated rings. The summed E-state index contributed by atoms with van der Waals surface area (Å²) in [6, 6.07) is 7.12. The zero-order chi connectivity index (χ0) is 13.7. The normalized spacial score (nSPS) is 9.58. The summed E-state index contributed by atoms with van der Waals surface area (Å²) >= 11 is 1.36. The van der Waals surface area contributed by atoms with Crippen molar-refractivity contribution in [3.05, 3.63) is 45.9 Å². The maximum Gasteiger partial charge on any atom is 0.267 e. The van der Waals surface area contributed by atoms with Gasteiger partial charge in [0, 0.05) is 11.3 Å². The number of carbonyl (C=O) groups excluding carboxylic acids is 1. The zero-order valence-corrected chi connectivity index (χ0v) is 11.1. The summed E-state index contributed by atoms with van der Waals surface area (Å²) in [4.78, 5) is 16.5. The van der Waals surface area contributed by atoms with E-state index in [1.54, 1.807) is 30.5 Å². The second-order valence-corrected chi connectivity index (χ2v) is 4.97. The zero-order valence-electron chi connectivity index (χ0n) is 10.3. The molecule has 1 aromatic heterocycles. The number of hydrogen-bond acceptors (Lipinski definition) is 4. The molecule has 1 heterocycles. The van der Waals surface area contributed by atoms with Gasteiger partial charge in [-0.05, 0) is 31.2 Å². The molecule has 0 spiro atoms. The van der Waals surface area contributed by atoms with Crippen molar-refractivity contribution >= 4 is 22.9 Å². The molecule has 1 amide bonds. The number of anilines is 1. The van der Waals surface area contributed by atoms with Gasteiger partial charge in [0.25, 0.3) is 5.91 Å². The van der Waals surface area contributed by atoms with Gasteiger partial charge >= 0.3 is 0 Å². The van der Waals surface area contributed by atoms with Crippen molar-refractivity contribution < 1.29 is 9.90 Å². The number of benzene rings is 1. The van der Waals surface area contributed by atoms with Crippen molar-refractivity contribution in [1.82, 2.24) is 4.98 Å². The number of nitrogens with one attached hydrogen (secondary N) is 1. The first-order chi connectivity index (χ1) is 9.19. The van der Waals surface area contributed by atoms with Crippen molar-refractivity contribution in [2.75, 3.05) is 11.9 Å². The number of aromatic nitrogens is 1. The Bertz CT molecular complexity index is 635. The van der Waals surface area contributed by atoms with Crippen LogP contribution in [0.25, 0.3) is 0 Å². The summed E-state index contributed by atoms with van der Waals surface area (Å²) in [5.41, 5.74) is 1.49. The van der Waals surface area contributed by atoms with E-state index in [1.165, 1.54) is 11.3 Å². The van der Waals surface area contributed by atoms with Gasteiger partial charge < -0.3 is 10.4 Å².